The maximum atomic E-state index is 12.0. The summed E-state index contributed by atoms with van der Waals surface area (Å²) < 4.78 is 10.4. The van der Waals surface area contributed by atoms with Crippen molar-refractivity contribution in [3.8, 4) is 11.5 Å². The predicted octanol–water partition coefficient (Wildman–Crippen LogP) is 5.30. The topological polar surface area (TPSA) is 35.5 Å². The Labute approximate surface area is 151 Å². The molecule has 0 bridgehead atoms. The number of rotatable bonds is 1. The zero-order valence-corrected chi connectivity index (χ0v) is 18.6. The van der Waals surface area contributed by atoms with E-state index in [2.05, 4.69) is 59.9 Å². The number of hydrogen-bond donors (Lipinski definition) is 0. The van der Waals surface area contributed by atoms with Crippen LogP contribution in [-0.4, -0.2) is 12.6 Å². The second kappa shape index (κ2) is 8.04. The Hall–Kier alpha value is 1.26. The summed E-state index contributed by atoms with van der Waals surface area (Å²) in [6.45, 7) is 5.95. The zero-order chi connectivity index (χ0) is 14.6. The summed E-state index contributed by atoms with van der Waals surface area (Å²) in [7, 11) is 0. The molecule has 0 radical (unpaired) electrons. The van der Waals surface area contributed by atoms with Gasteiger partial charge in [0.1, 0.15) is 0 Å². The van der Waals surface area contributed by atoms with Gasteiger partial charge in [0.05, 0.1) is 0 Å². The van der Waals surface area contributed by atoms with Gasteiger partial charge in [0.15, 0.2) is 17.3 Å². The van der Waals surface area contributed by atoms with Gasteiger partial charge in [-0.1, -0.05) is 20.8 Å². The van der Waals surface area contributed by atoms with E-state index in [1.54, 1.807) is 18.2 Å². The van der Waals surface area contributed by atoms with E-state index in [1.807, 2.05) is 20.8 Å². The van der Waals surface area contributed by atoms with Crippen molar-refractivity contribution in [2.75, 3.05) is 6.79 Å². The zero-order valence-electron chi connectivity index (χ0n) is 10.7. The fourth-order valence-electron chi connectivity index (χ4n) is 1.47. The van der Waals surface area contributed by atoms with Gasteiger partial charge in [-0.05, 0) is 18.2 Å². The fourth-order valence-corrected chi connectivity index (χ4v) is 1.47. The quantitative estimate of drug-likeness (QED) is 0.310. The molecule has 3 nitrogen and oxygen atoms in total. The van der Waals surface area contributed by atoms with Crippen LogP contribution in [-0.2, 0) is 4.92 Å². The minimum absolute atomic E-state index is 0.112. The maximum absolute atomic E-state index is 12.0. The molecule has 2 rings (SSSR count). The van der Waals surface area contributed by atoms with Gasteiger partial charge in [-0.2, -0.15) is 0 Å². The van der Waals surface area contributed by atoms with Crippen LogP contribution < -0.4 is 9.47 Å². The van der Waals surface area contributed by atoms with E-state index in [-0.39, 0.29) is 22.9 Å². The van der Waals surface area contributed by atoms with E-state index >= 15 is 0 Å². The van der Waals surface area contributed by atoms with Crippen LogP contribution in [0.25, 0.3) is 0 Å². The predicted molar refractivity (Wildman–Crippen MR) is 98.4 cm³/mol. The Morgan fingerprint density at radius 1 is 1.16 bits per heavy atom. The van der Waals surface area contributed by atoms with Crippen LogP contribution >= 0.6 is 59.9 Å². The van der Waals surface area contributed by atoms with E-state index in [0.717, 1.165) is 0 Å². The number of ketones is 1. The first-order valence-electron chi connectivity index (χ1n) is 5.43. The first-order valence-corrected chi connectivity index (χ1v) is 19.0. The van der Waals surface area contributed by atoms with Crippen molar-refractivity contribution >= 4 is 65.7 Å². The van der Waals surface area contributed by atoms with Gasteiger partial charge in [-0.3, -0.25) is 4.79 Å². The molecule has 0 atom stereocenters. The third-order valence-electron chi connectivity index (χ3n) is 2.32. The molecule has 1 aromatic carbocycles. The summed E-state index contributed by atoms with van der Waals surface area (Å²) in [5.74, 6) is 1.48. The summed E-state index contributed by atoms with van der Waals surface area (Å²) >= 11 is 7.39. The van der Waals surface area contributed by atoms with Gasteiger partial charge < -0.3 is 9.47 Å². The fraction of sp³-hybridized carbons (Fsp3) is 0.417. The van der Waals surface area contributed by atoms with E-state index in [4.69, 9.17) is 9.47 Å². The molecule has 1 aromatic rings. The van der Waals surface area contributed by atoms with E-state index in [1.165, 1.54) is 0 Å². The van der Waals surface area contributed by atoms with Crippen molar-refractivity contribution in [1.29, 1.82) is 0 Å². The molecule has 0 aliphatic carbocycles. The summed E-state index contributed by atoms with van der Waals surface area (Å²) in [5.41, 5.74) is 0.306. The molecule has 0 unspecified atom stereocenters. The number of carbonyl (C=O) groups excluding carboxylic acids is 1. The molecule has 0 saturated heterocycles. The average Bonchev–Trinajstić information content (AvgIpc) is 2.72. The SMILES string of the molecule is CC(C)(C)C(=O)c1ccc2c(c1)OCO2.[I][V]([I])[I]. The van der Waals surface area contributed by atoms with Gasteiger partial charge in [-0.25, -0.2) is 0 Å². The summed E-state index contributed by atoms with van der Waals surface area (Å²) in [6.07, 6.45) is 0. The molecule has 0 amide bonds. The number of ether oxygens (including phenoxy) is 2. The van der Waals surface area contributed by atoms with Crippen molar-refractivity contribution in [2.24, 2.45) is 5.41 Å². The first kappa shape index (κ1) is 18.3. The van der Waals surface area contributed by atoms with Crippen LogP contribution in [0.15, 0.2) is 18.2 Å². The number of fused-ring (bicyclic) bond motifs is 1. The van der Waals surface area contributed by atoms with Crippen molar-refractivity contribution in [3.05, 3.63) is 23.8 Å². The van der Waals surface area contributed by atoms with Crippen LogP contribution in [0, 0.1) is 5.41 Å². The molecule has 0 saturated carbocycles. The molecular formula is C12H14I3O3V. The van der Waals surface area contributed by atoms with E-state index < -0.39 is 0 Å². The van der Waals surface area contributed by atoms with E-state index in [0.29, 0.717) is 17.1 Å². The molecule has 0 spiro atoms. The van der Waals surface area contributed by atoms with E-state index in [9.17, 15) is 4.79 Å². The molecule has 7 heteroatoms. The molecule has 106 valence electrons. The standard InChI is InChI=1S/C12H14O3.3HI.V/c1-12(2,3)11(13)8-4-5-9-10(6-8)15-7-14-9;;;;/h4-6H,7H2,1-3H3;3*1H;/q;;;;+3/p-3. The van der Waals surface area contributed by atoms with Gasteiger partial charge in [0.2, 0.25) is 6.79 Å². The second-order valence-electron chi connectivity index (χ2n) is 4.84. The minimum atomic E-state index is -0.367. The van der Waals surface area contributed by atoms with Crippen LogP contribution in [0.2, 0.25) is 0 Å². The number of hydrogen-bond acceptors (Lipinski definition) is 3. The van der Waals surface area contributed by atoms with Gasteiger partial charge in [-0.15, -0.1) is 0 Å². The third kappa shape index (κ3) is 6.27. The summed E-state index contributed by atoms with van der Waals surface area (Å²) in [6, 6.07) is 5.30. The molecular weight excluding hydrogens is 624 g/mol. The summed E-state index contributed by atoms with van der Waals surface area (Å²) in [5, 5.41) is 0. The molecule has 1 aliphatic heterocycles. The van der Waals surface area contributed by atoms with Crippen LogP contribution in [0.5, 0.6) is 11.5 Å². The molecule has 19 heavy (non-hydrogen) atoms. The number of benzene rings is 1. The third-order valence-corrected chi connectivity index (χ3v) is 2.32. The molecule has 1 heterocycles. The Bertz CT molecular complexity index is 455. The Morgan fingerprint density at radius 3 is 2.21 bits per heavy atom. The molecule has 0 aromatic heterocycles. The van der Waals surface area contributed by atoms with Gasteiger partial charge in [0, 0.05) is 11.0 Å². The van der Waals surface area contributed by atoms with Gasteiger partial charge in [0.25, 0.3) is 0 Å². The Morgan fingerprint density at radius 2 is 1.68 bits per heavy atom. The number of halogens is 3. The second-order valence-corrected chi connectivity index (χ2v) is 40.2. The number of Topliss-reactive ketones (excluding diaryl/α,β-unsaturated/α-hetero) is 1. The van der Waals surface area contributed by atoms with Crippen LogP contribution in [0.1, 0.15) is 31.1 Å². The summed E-state index contributed by atoms with van der Waals surface area (Å²) in [4.78, 5) is 11.7. The average molecular weight is 638 g/mol. The normalized spacial score (nSPS) is 13.0. The van der Waals surface area contributed by atoms with Crippen molar-refractivity contribution in [1.82, 2.24) is 0 Å². The van der Waals surface area contributed by atoms with Crippen molar-refractivity contribution in [2.45, 2.75) is 20.8 Å². The Balaban J connectivity index is 0.000000399. The van der Waals surface area contributed by atoms with Crippen LogP contribution in [0.4, 0.5) is 0 Å². The number of carbonyl (C=O) groups is 1. The van der Waals surface area contributed by atoms with Gasteiger partial charge >= 0.3 is 64.9 Å². The molecule has 0 N–H and O–H groups in total. The molecule has 1 aliphatic rings. The van der Waals surface area contributed by atoms with Crippen LogP contribution in [0.3, 0.4) is 0 Å². The Kier molecular flexibility index (Phi) is 7.75. The molecule has 0 fully saturated rings. The first-order chi connectivity index (χ1) is 8.71. The monoisotopic (exact) mass is 638 g/mol. The van der Waals surface area contributed by atoms with Crippen molar-refractivity contribution in [3.63, 3.8) is 0 Å². The van der Waals surface area contributed by atoms with Crippen molar-refractivity contribution < 1.29 is 19.2 Å².